The largest absolute Gasteiger partial charge is 0.368 e. The maximum absolute atomic E-state index is 12.6. The van der Waals surface area contributed by atoms with Crippen LogP contribution in [-0.2, 0) is 16.6 Å². The second kappa shape index (κ2) is 7.80. The van der Waals surface area contributed by atoms with Crippen molar-refractivity contribution in [2.24, 2.45) is 5.73 Å². The van der Waals surface area contributed by atoms with E-state index < -0.39 is 17.9 Å². The molecule has 0 spiro atoms. The molecule has 5 heteroatoms. The number of fused-ring (bicyclic) bond motifs is 1. The molecule has 0 saturated carbocycles. The van der Waals surface area contributed by atoms with Gasteiger partial charge in [-0.1, -0.05) is 69.3 Å². The van der Waals surface area contributed by atoms with Crippen LogP contribution in [0.5, 0.6) is 0 Å². The molecule has 0 fully saturated rings. The normalized spacial score (nSPS) is 12.5. The smallest absolute Gasteiger partial charge is 0.270 e. The third-order valence-electron chi connectivity index (χ3n) is 4.74. The maximum Gasteiger partial charge on any atom is 0.270 e. The van der Waals surface area contributed by atoms with Gasteiger partial charge in [-0.2, -0.15) is 0 Å². The minimum atomic E-state index is -0.804. The highest BCUT2D eigenvalue weighted by Crippen LogP contribution is 2.22. The molecule has 0 bridgehead atoms. The number of benzene rings is 2. The summed E-state index contributed by atoms with van der Waals surface area (Å²) >= 11 is 0. The van der Waals surface area contributed by atoms with Crippen molar-refractivity contribution < 1.29 is 9.59 Å². The highest BCUT2D eigenvalue weighted by molar-refractivity contribution is 5.97. The van der Waals surface area contributed by atoms with Crippen LogP contribution in [0.25, 0.3) is 10.9 Å². The van der Waals surface area contributed by atoms with Gasteiger partial charge in [0.15, 0.2) is 0 Å². The van der Waals surface area contributed by atoms with Gasteiger partial charge < -0.3 is 11.1 Å². The molecule has 1 aromatic heterocycles. The molecule has 0 unspecified atom stereocenters. The molecule has 3 aromatic rings. The second-order valence-electron chi connectivity index (χ2n) is 7.97. The number of primary amides is 1. The Morgan fingerprint density at radius 2 is 1.68 bits per heavy atom. The highest BCUT2D eigenvalue weighted by atomic mass is 16.2. The van der Waals surface area contributed by atoms with Crippen molar-refractivity contribution in [1.29, 1.82) is 0 Å². The Balaban J connectivity index is 1.75. The van der Waals surface area contributed by atoms with Crippen molar-refractivity contribution in [3.8, 4) is 0 Å². The number of aromatic nitrogens is 1. The molecule has 28 heavy (non-hydrogen) atoms. The Labute approximate surface area is 165 Å². The van der Waals surface area contributed by atoms with Crippen molar-refractivity contribution in [1.82, 2.24) is 10.3 Å². The van der Waals surface area contributed by atoms with Crippen LogP contribution in [-0.4, -0.2) is 22.8 Å². The quantitative estimate of drug-likeness (QED) is 0.717. The Hall–Kier alpha value is -3.21. The Bertz CT molecular complexity index is 1000. The fourth-order valence-electron chi connectivity index (χ4n) is 3.02. The van der Waals surface area contributed by atoms with Crippen molar-refractivity contribution in [3.05, 3.63) is 77.5 Å². The number of para-hydroxylation sites is 1. The molecule has 2 amide bonds. The highest BCUT2D eigenvalue weighted by Gasteiger charge is 2.21. The van der Waals surface area contributed by atoms with Crippen LogP contribution in [0, 0.1) is 0 Å². The first kappa shape index (κ1) is 19.5. The van der Waals surface area contributed by atoms with Crippen molar-refractivity contribution in [3.63, 3.8) is 0 Å². The molecule has 1 heterocycles. The minimum Gasteiger partial charge on any atom is -0.368 e. The van der Waals surface area contributed by atoms with Gasteiger partial charge in [-0.15, -0.1) is 0 Å². The van der Waals surface area contributed by atoms with Gasteiger partial charge in [0.25, 0.3) is 5.91 Å². The topological polar surface area (TPSA) is 85.1 Å². The van der Waals surface area contributed by atoms with E-state index in [9.17, 15) is 9.59 Å². The average Bonchev–Trinajstić information content (AvgIpc) is 2.66. The number of hydrogen-bond acceptors (Lipinski definition) is 3. The van der Waals surface area contributed by atoms with Gasteiger partial charge in [-0.3, -0.25) is 9.59 Å². The van der Waals surface area contributed by atoms with E-state index in [1.807, 2.05) is 54.6 Å². The molecule has 0 aliphatic heterocycles. The third-order valence-corrected chi connectivity index (χ3v) is 4.74. The molecule has 1 atom stereocenters. The lowest BCUT2D eigenvalue weighted by atomic mass is 9.86. The van der Waals surface area contributed by atoms with E-state index in [1.54, 1.807) is 6.07 Å². The summed E-state index contributed by atoms with van der Waals surface area (Å²) in [6, 6.07) is 18.2. The zero-order valence-corrected chi connectivity index (χ0v) is 16.4. The number of carbonyl (C=O) groups excluding carboxylic acids is 2. The van der Waals surface area contributed by atoms with Gasteiger partial charge in [-0.05, 0) is 28.7 Å². The molecule has 3 N–H and O–H groups in total. The van der Waals surface area contributed by atoms with Crippen LogP contribution in [0.1, 0.15) is 42.4 Å². The lowest BCUT2D eigenvalue weighted by Gasteiger charge is -2.20. The van der Waals surface area contributed by atoms with Gasteiger partial charge in [0.2, 0.25) is 5.91 Å². The summed E-state index contributed by atoms with van der Waals surface area (Å²) in [6.45, 7) is 6.43. The number of amides is 2. The Kier molecular flexibility index (Phi) is 5.45. The summed E-state index contributed by atoms with van der Waals surface area (Å²) in [5.74, 6) is -0.991. The molecular formula is C23H25N3O2. The summed E-state index contributed by atoms with van der Waals surface area (Å²) < 4.78 is 0. The zero-order chi connectivity index (χ0) is 20.3. The van der Waals surface area contributed by atoms with Gasteiger partial charge in [0, 0.05) is 11.8 Å². The first-order valence-corrected chi connectivity index (χ1v) is 9.29. The average molecular weight is 375 g/mol. The van der Waals surface area contributed by atoms with E-state index in [2.05, 4.69) is 31.1 Å². The molecule has 0 aliphatic carbocycles. The third kappa shape index (κ3) is 4.55. The summed E-state index contributed by atoms with van der Waals surface area (Å²) in [4.78, 5) is 28.9. The van der Waals surface area contributed by atoms with Crippen LogP contribution in [0.2, 0.25) is 0 Å². The monoisotopic (exact) mass is 375 g/mol. The van der Waals surface area contributed by atoms with Crippen LogP contribution in [0.15, 0.2) is 60.7 Å². The maximum atomic E-state index is 12.6. The van der Waals surface area contributed by atoms with Gasteiger partial charge >= 0.3 is 0 Å². The van der Waals surface area contributed by atoms with Crippen molar-refractivity contribution >= 4 is 22.7 Å². The van der Waals surface area contributed by atoms with Crippen molar-refractivity contribution in [2.75, 3.05) is 0 Å². The number of nitrogens with two attached hydrogens (primary N) is 1. The molecular weight excluding hydrogens is 350 g/mol. The van der Waals surface area contributed by atoms with E-state index in [0.29, 0.717) is 6.42 Å². The van der Waals surface area contributed by atoms with Crippen LogP contribution >= 0.6 is 0 Å². The van der Waals surface area contributed by atoms with Gasteiger partial charge in [-0.25, -0.2) is 4.98 Å². The van der Waals surface area contributed by atoms with Crippen molar-refractivity contribution in [2.45, 2.75) is 38.6 Å². The first-order valence-electron chi connectivity index (χ1n) is 9.29. The predicted octanol–water partition coefficient (Wildman–Crippen LogP) is 3.36. The number of carbonyl (C=O) groups is 2. The van der Waals surface area contributed by atoms with Crippen LogP contribution < -0.4 is 11.1 Å². The van der Waals surface area contributed by atoms with Gasteiger partial charge in [0.05, 0.1) is 5.52 Å². The number of pyridine rings is 1. The second-order valence-corrected chi connectivity index (χ2v) is 7.97. The van der Waals surface area contributed by atoms with E-state index in [4.69, 9.17) is 5.73 Å². The first-order chi connectivity index (χ1) is 13.2. The number of hydrogen-bond donors (Lipinski definition) is 2. The molecule has 3 rings (SSSR count). The molecule has 0 saturated heterocycles. The lowest BCUT2D eigenvalue weighted by molar-refractivity contribution is -0.119. The van der Waals surface area contributed by atoms with E-state index >= 15 is 0 Å². The van der Waals surface area contributed by atoms with Crippen LogP contribution in [0.3, 0.4) is 0 Å². The fourth-order valence-corrected chi connectivity index (χ4v) is 3.02. The summed E-state index contributed by atoms with van der Waals surface area (Å²) in [5.41, 5.74) is 8.70. The van der Waals surface area contributed by atoms with E-state index in [-0.39, 0.29) is 11.1 Å². The summed E-state index contributed by atoms with van der Waals surface area (Å²) in [6.07, 6.45) is 0.332. The van der Waals surface area contributed by atoms with Gasteiger partial charge in [0.1, 0.15) is 11.7 Å². The molecule has 0 aliphatic rings. The Morgan fingerprint density at radius 1 is 1.00 bits per heavy atom. The fraction of sp³-hybridized carbons (Fsp3) is 0.261. The van der Waals surface area contributed by atoms with Crippen LogP contribution in [0.4, 0.5) is 0 Å². The molecule has 2 aromatic carbocycles. The summed E-state index contributed by atoms with van der Waals surface area (Å²) in [5, 5.41) is 3.66. The lowest BCUT2D eigenvalue weighted by Crippen LogP contribution is -2.46. The standard InChI is InChI=1S/C23H25N3O2/c1-23(2,3)17-11-8-15(9-12-17)14-20(21(24)27)26-22(28)19-13-10-16-6-4-5-7-18(16)25-19/h4-13,20H,14H2,1-3H3,(H2,24,27)(H,26,28)/t20-/m0/s1. The zero-order valence-electron chi connectivity index (χ0n) is 16.4. The van der Waals surface area contributed by atoms with E-state index in [0.717, 1.165) is 16.5 Å². The molecule has 5 nitrogen and oxygen atoms in total. The minimum absolute atomic E-state index is 0.0532. The molecule has 144 valence electrons. The number of nitrogens with one attached hydrogen (secondary N) is 1. The Morgan fingerprint density at radius 3 is 2.32 bits per heavy atom. The molecule has 0 radical (unpaired) electrons. The SMILES string of the molecule is CC(C)(C)c1ccc(C[C@H](NC(=O)c2ccc3ccccc3n2)C(N)=O)cc1. The number of nitrogens with zero attached hydrogens (tertiary/aromatic N) is 1. The summed E-state index contributed by atoms with van der Waals surface area (Å²) in [7, 11) is 0. The predicted molar refractivity (Wildman–Crippen MR) is 111 cm³/mol. The van der Waals surface area contributed by atoms with E-state index in [1.165, 1.54) is 5.56 Å². The number of rotatable bonds is 5.